The van der Waals surface area contributed by atoms with Crippen LogP contribution in [0.5, 0.6) is 0 Å². The van der Waals surface area contributed by atoms with E-state index < -0.39 is 0 Å². The first-order chi connectivity index (χ1) is 12.7. The number of carbonyl (C=O) groups excluding carboxylic acids is 1. The van der Waals surface area contributed by atoms with Crippen molar-refractivity contribution in [3.63, 3.8) is 0 Å². The zero-order chi connectivity index (χ0) is 18.1. The molecule has 0 saturated carbocycles. The average molecular weight is 370 g/mol. The highest BCUT2D eigenvalue weighted by molar-refractivity contribution is 6.30. The quantitative estimate of drug-likeness (QED) is 0.435. The van der Waals surface area contributed by atoms with E-state index in [0.717, 1.165) is 60.0 Å². The maximum atomic E-state index is 13.9. The topological polar surface area (TPSA) is 22.0 Å². The SMILES string of the molecule is O=CCC1CCCc2c(n(Cc3ccc(Cl)cc3)c3ccc(F)cc23)C1. The van der Waals surface area contributed by atoms with Gasteiger partial charge in [-0.3, -0.25) is 0 Å². The molecule has 134 valence electrons. The van der Waals surface area contributed by atoms with E-state index in [9.17, 15) is 9.18 Å². The number of aldehydes is 1. The van der Waals surface area contributed by atoms with E-state index in [4.69, 9.17) is 11.6 Å². The van der Waals surface area contributed by atoms with Gasteiger partial charge < -0.3 is 9.36 Å². The van der Waals surface area contributed by atoms with Gasteiger partial charge in [0.2, 0.25) is 0 Å². The first-order valence-corrected chi connectivity index (χ1v) is 9.51. The monoisotopic (exact) mass is 369 g/mol. The number of benzene rings is 2. The third-order valence-corrected chi connectivity index (χ3v) is 5.71. The van der Waals surface area contributed by atoms with E-state index >= 15 is 0 Å². The zero-order valence-corrected chi connectivity index (χ0v) is 15.3. The Hall–Kier alpha value is -2.13. The lowest BCUT2D eigenvalue weighted by molar-refractivity contribution is -0.108. The molecule has 4 heteroatoms. The van der Waals surface area contributed by atoms with E-state index in [1.807, 2.05) is 30.3 Å². The van der Waals surface area contributed by atoms with Gasteiger partial charge in [-0.15, -0.1) is 0 Å². The third kappa shape index (κ3) is 3.28. The first kappa shape index (κ1) is 17.3. The van der Waals surface area contributed by atoms with Gasteiger partial charge in [-0.1, -0.05) is 23.7 Å². The minimum absolute atomic E-state index is 0.197. The fraction of sp³-hybridized carbons (Fsp3) is 0.318. The van der Waals surface area contributed by atoms with Gasteiger partial charge in [-0.05, 0) is 73.1 Å². The number of nitrogens with zero attached hydrogens (tertiary/aromatic N) is 1. The van der Waals surface area contributed by atoms with Crippen LogP contribution in [0.4, 0.5) is 4.39 Å². The van der Waals surface area contributed by atoms with Crippen molar-refractivity contribution >= 4 is 28.8 Å². The zero-order valence-electron chi connectivity index (χ0n) is 14.6. The molecule has 0 aliphatic heterocycles. The lowest BCUT2D eigenvalue weighted by Gasteiger charge is -2.15. The van der Waals surface area contributed by atoms with E-state index in [2.05, 4.69) is 4.57 Å². The maximum Gasteiger partial charge on any atom is 0.123 e. The summed E-state index contributed by atoms with van der Waals surface area (Å²) in [6.45, 7) is 0.725. The molecule has 26 heavy (non-hydrogen) atoms. The molecule has 0 bridgehead atoms. The molecule has 0 radical (unpaired) electrons. The van der Waals surface area contributed by atoms with Crippen LogP contribution in [0.3, 0.4) is 0 Å². The van der Waals surface area contributed by atoms with Crippen molar-refractivity contribution in [1.29, 1.82) is 0 Å². The molecular formula is C22H21ClFNO. The number of hydrogen-bond acceptors (Lipinski definition) is 1. The Balaban J connectivity index is 1.84. The van der Waals surface area contributed by atoms with E-state index in [-0.39, 0.29) is 5.82 Å². The number of rotatable bonds is 4. The van der Waals surface area contributed by atoms with Crippen LogP contribution in [0.15, 0.2) is 42.5 Å². The molecule has 2 nitrogen and oxygen atoms in total. The minimum atomic E-state index is -0.197. The molecule has 0 spiro atoms. The van der Waals surface area contributed by atoms with Gasteiger partial charge in [0.05, 0.1) is 0 Å². The van der Waals surface area contributed by atoms with Crippen LogP contribution in [0.2, 0.25) is 5.02 Å². The summed E-state index contributed by atoms with van der Waals surface area (Å²) in [4.78, 5) is 11.1. The van der Waals surface area contributed by atoms with Gasteiger partial charge in [0.1, 0.15) is 12.1 Å². The summed E-state index contributed by atoms with van der Waals surface area (Å²) in [5.41, 5.74) is 4.74. The second-order valence-electron chi connectivity index (χ2n) is 7.16. The summed E-state index contributed by atoms with van der Waals surface area (Å²) >= 11 is 6.02. The molecule has 0 N–H and O–H groups in total. The van der Waals surface area contributed by atoms with E-state index in [1.54, 1.807) is 6.07 Å². The van der Waals surface area contributed by atoms with Crippen molar-refractivity contribution in [3.05, 3.63) is 70.1 Å². The molecule has 1 aliphatic carbocycles. The van der Waals surface area contributed by atoms with Gasteiger partial charge in [0.25, 0.3) is 0 Å². The fourth-order valence-corrected chi connectivity index (χ4v) is 4.32. The van der Waals surface area contributed by atoms with Crippen molar-refractivity contribution in [2.24, 2.45) is 5.92 Å². The Bertz CT molecular complexity index is 945. The number of halogens is 2. The Kier molecular flexibility index (Phi) is 4.82. The lowest BCUT2D eigenvalue weighted by atomic mass is 9.97. The summed E-state index contributed by atoms with van der Waals surface area (Å²) in [5.74, 6) is 0.171. The van der Waals surface area contributed by atoms with Crippen molar-refractivity contribution in [3.8, 4) is 0 Å². The Morgan fingerprint density at radius 3 is 2.77 bits per heavy atom. The summed E-state index contributed by atoms with van der Waals surface area (Å²) in [6.07, 6.45) is 5.53. The molecule has 0 fully saturated rings. The molecule has 0 amide bonds. The molecule has 1 aliphatic rings. The smallest absolute Gasteiger partial charge is 0.123 e. The number of carbonyl (C=O) groups is 1. The molecule has 1 atom stereocenters. The molecule has 1 unspecified atom stereocenters. The van der Waals surface area contributed by atoms with Crippen LogP contribution in [-0.2, 0) is 24.2 Å². The van der Waals surface area contributed by atoms with Gasteiger partial charge >= 0.3 is 0 Å². The summed E-state index contributed by atoms with van der Waals surface area (Å²) in [7, 11) is 0. The fourth-order valence-electron chi connectivity index (χ4n) is 4.19. The highest BCUT2D eigenvalue weighted by Crippen LogP contribution is 2.35. The standard InChI is InChI=1S/C22H21ClFNO/c23-17-6-4-16(5-7-17)14-25-21-9-8-18(24)13-20(21)19-3-1-2-15(10-11-26)12-22(19)25/h4-9,11,13,15H,1-3,10,12,14H2. The van der Waals surface area contributed by atoms with E-state index in [0.29, 0.717) is 12.3 Å². The van der Waals surface area contributed by atoms with Gasteiger partial charge in [0, 0.05) is 34.6 Å². The normalized spacial score (nSPS) is 17.1. The molecule has 0 saturated heterocycles. The van der Waals surface area contributed by atoms with Gasteiger partial charge in [-0.25, -0.2) is 4.39 Å². The molecule has 1 heterocycles. The van der Waals surface area contributed by atoms with Crippen molar-refractivity contribution in [2.75, 3.05) is 0 Å². The van der Waals surface area contributed by atoms with E-state index in [1.165, 1.54) is 17.3 Å². The molecule has 4 rings (SSSR count). The molecular weight excluding hydrogens is 349 g/mol. The number of aromatic nitrogens is 1. The van der Waals surface area contributed by atoms with Crippen LogP contribution in [0.25, 0.3) is 10.9 Å². The maximum absolute atomic E-state index is 13.9. The second-order valence-corrected chi connectivity index (χ2v) is 7.60. The summed E-state index contributed by atoms with van der Waals surface area (Å²) in [6, 6.07) is 12.9. The highest BCUT2D eigenvalue weighted by atomic mass is 35.5. The van der Waals surface area contributed by atoms with Crippen LogP contribution in [0, 0.1) is 11.7 Å². The first-order valence-electron chi connectivity index (χ1n) is 9.13. The Morgan fingerprint density at radius 2 is 2.00 bits per heavy atom. The summed E-state index contributed by atoms with van der Waals surface area (Å²) in [5, 5.41) is 1.73. The predicted molar refractivity (Wildman–Crippen MR) is 103 cm³/mol. The Morgan fingerprint density at radius 1 is 1.19 bits per heavy atom. The number of aryl methyl sites for hydroxylation is 1. The largest absolute Gasteiger partial charge is 0.340 e. The van der Waals surface area contributed by atoms with Crippen LogP contribution in [-0.4, -0.2) is 10.9 Å². The van der Waals surface area contributed by atoms with Crippen molar-refractivity contribution in [2.45, 2.75) is 38.6 Å². The van der Waals surface area contributed by atoms with Crippen molar-refractivity contribution < 1.29 is 9.18 Å². The second kappa shape index (κ2) is 7.24. The molecule has 2 aromatic carbocycles. The minimum Gasteiger partial charge on any atom is -0.340 e. The Labute approximate surface area is 157 Å². The average Bonchev–Trinajstić information content (AvgIpc) is 2.78. The van der Waals surface area contributed by atoms with Gasteiger partial charge in [-0.2, -0.15) is 0 Å². The highest BCUT2D eigenvalue weighted by Gasteiger charge is 2.24. The lowest BCUT2D eigenvalue weighted by Crippen LogP contribution is -2.10. The predicted octanol–water partition coefficient (Wildman–Crippen LogP) is 5.57. The number of hydrogen-bond donors (Lipinski definition) is 0. The third-order valence-electron chi connectivity index (χ3n) is 5.45. The van der Waals surface area contributed by atoms with Crippen molar-refractivity contribution in [1.82, 2.24) is 4.57 Å². The van der Waals surface area contributed by atoms with Crippen LogP contribution < -0.4 is 0 Å². The van der Waals surface area contributed by atoms with Crippen LogP contribution in [0.1, 0.15) is 36.1 Å². The van der Waals surface area contributed by atoms with Crippen LogP contribution >= 0.6 is 11.6 Å². The molecule has 1 aromatic heterocycles. The summed E-state index contributed by atoms with van der Waals surface area (Å²) < 4.78 is 16.2. The van der Waals surface area contributed by atoms with Gasteiger partial charge in [0.15, 0.2) is 0 Å². The number of fused-ring (bicyclic) bond motifs is 3. The molecule has 3 aromatic rings.